The van der Waals surface area contributed by atoms with Crippen molar-refractivity contribution in [2.24, 2.45) is 11.8 Å². The maximum absolute atomic E-state index is 13.0. The van der Waals surface area contributed by atoms with Crippen LogP contribution >= 0.6 is 0 Å². The minimum absolute atomic E-state index is 0.131. The van der Waals surface area contributed by atoms with E-state index in [1.165, 1.54) is 12.8 Å². The van der Waals surface area contributed by atoms with Crippen molar-refractivity contribution in [1.82, 2.24) is 15.2 Å². The quantitative estimate of drug-likeness (QED) is 0.890. The summed E-state index contributed by atoms with van der Waals surface area (Å²) in [7, 11) is 0. The monoisotopic (exact) mass is 357 g/mol. The van der Waals surface area contributed by atoms with Crippen LogP contribution in [0.2, 0.25) is 0 Å². The molecule has 4 heterocycles. The zero-order chi connectivity index (χ0) is 17.5. The van der Waals surface area contributed by atoms with Crippen LogP contribution in [-0.4, -0.2) is 61.3 Å². The SMILES string of the molecule is O=C(c1cnc(OC2CCOCC2)c(C2CC2)c1)N1C[C@@H]2CNC[C@H]2C1. The molecule has 1 aromatic rings. The summed E-state index contributed by atoms with van der Waals surface area (Å²) in [5.41, 5.74) is 1.85. The van der Waals surface area contributed by atoms with E-state index in [1.807, 2.05) is 11.0 Å². The third-order valence-electron chi connectivity index (χ3n) is 6.27. The first-order valence-electron chi connectivity index (χ1n) is 10.0. The molecule has 0 unspecified atom stereocenters. The molecule has 0 radical (unpaired) electrons. The van der Waals surface area contributed by atoms with Gasteiger partial charge in [0.25, 0.3) is 5.91 Å². The highest BCUT2D eigenvalue weighted by atomic mass is 16.5. The van der Waals surface area contributed by atoms with Crippen LogP contribution in [0.15, 0.2) is 12.3 Å². The Kier molecular flexibility index (Phi) is 4.33. The first kappa shape index (κ1) is 16.5. The molecule has 140 valence electrons. The Bertz CT molecular complexity index is 673. The van der Waals surface area contributed by atoms with Gasteiger partial charge in [0.1, 0.15) is 6.10 Å². The first-order valence-corrected chi connectivity index (χ1v) is 10.0. The summed E-state index contributed by atoms with van der Waals surface area (Å²) >= 11 is 0. The Morgan fingerprint density at radius 2 is 1.88 bits per heavy atom. The van der Waals surface area contributed by atoms with E-state index in [1.54, 1.807) is 6.20 Å². The zero-order valence-electron chi connectivity index (χ0n) is 15.2. The third kappa shape index (κ3) is 3.21. The van der Waals surface area contributed by atoms with Crippen molar-refractivity contribution in [1.29, 1.82) is 0 Å². The van der Waals surface area contributed by atoms with E-state index in [0.717, 1.165) is 69.2 Å². The molecule has 0 spiro atoms. The van der Waals surface area contributed by atoms with E-state index in [-0.39, 0.29) is 12.0 Å². The van der Waals surface area contributed by atoms with Gasteiger partial charge in [0.05, 0.1) is 18.8 Å². The van der Waals surface area contributed by atoms with Crippen LogP contribution in [0.1, 0.15) is 47.5 Å². The van der Waals surface area contributed by atoms with Crippen molar-refractivity contribution < 1.29 is 14.3 Å². The number of hydrogen-bond donors (Lipinski definition) is 1. The minimum atomic E-state index is 0.131. The van der Waals surface area contributed by atoms with Crippen LogP contribution in [0.4, 0.5) is 0 Å². The molecule has 0 aromatic carbocycles. The normalized spacial score (nSPS) is 29.0. The fourth-order valence-electron chi connectivity index (χ4n) is 4.53. The molecule has 1 saturated carbocycles. The fraction of sp³-hybridized carbons (Fsp3) is 0.700. The average Bonchev–Trinajstić information content (AvgIpc) is 3.29. The molecule has 6 nitrogen and oxygen atoms in total. The van der Waals surface area contributed by atoms with Gasteiger partial charge in [-0.05, 0) is 36.7 Å². The molecule has 6 heteroatoms. The largest absolute Gasteiger partial charge is 0.474 e. The summed E-state index contributed by atoms with van der Waals surface area (Å²) in [6.07, 6.45) is 6.07. The van der Waals surface area contributed by atoms with Gasteiger partial charge < -0.3 is 19.7 Å². The fourth-order valence-corrected chi connectivity index (χ4v) is 4.53. The Hall–Kier alpha value is -1.66. The Labute approximate surface area is 154 Å². The number of carbonyl (C=O) groups excluding carboxylic acids is 1. The Morgan fingerprint density at radius 3 is 2.58 bits per heavy atom. The third-order valence-corrected chi connectivity index (χ3v) is 6.27. The van der Waals surface area contributed by atoms with Crippen molar-refractivity contribution in [2.45, 2.75) is 37.7 Å². The number of aromatic nitrogens is 1. The van der Waals surface area contributed by atoms with Gasteiger partial charge in [-0.15, -0.1) is 0 Å². The van der Waals surface area contributed by atoms with Gasteiger partial charge in [-0.3, -0.25) is 4.79 Å². The van der Waals surface area contributed by atoms with Crippen LogP contribution in [0.3, 0.4) is 0 Å². The number of nitrogens with one attached hydrogen (secondary N) is 1. The van der Waals surface area contributed by atoms with E-state index in [4.69, 9.17) is 9.47 Å². The first-order chi connectivity index (χ1) is 12.8. The maximum Gasteiger partial charge on any atom is 0.255 e. The highest BCUT2D eigenvalue weighted by Gasteiger charge is 2.39. The van der Waals surface area contributed by atoms with Gasteiger partial charge in [0, 0.05) is 50.8 Å². The predicted octanol–water partition coefficient (Wildman–Crippen LogP) is 1.81. The second-order valence-corrected chi connectivity index (χ2v) is 8.21. The van der Waals surface area contributed by atoms with Crippen LogP contribution in [0.5, 0.6) is 5.88 Å². The molecule has 3 aliphatic heterocycles. The number of likely N-dealkylation sites (tertiary alicyclic amines) is 1. The summed E-state index contributed by atoms with van der Waals surface area (Å²) in [5.74, 6) is 2.61. The van der Waals surface area contributed by atoms with Gasteiger partial charge >= 0.3 is 0 Å². The zero-order valence-corrected chi connectivity index (χ0v) is 15.2. The number of nitrogens with zero attached hydrogens (tertiary/aromatic N) is 2. The summed E-state index contributed by atoms with van der Waals surface area (Å²) in [4.78, 5) is 19.6. The van der Waals surface area contributed by atoms with Gasteiger partial charge in [-0.1, -0.05) is 0 Å². The number of rotatable bonds is 4. The lowest BCUT2D eigenvalue weighted by Crippen LogP contribution is -2.32. The lowest BCUT2D eigenvalue weighted by Gasteiger charge is -2.24. The molecular weight excluding hydrogens is 330 g/mol. The van der Waals surface area contributed by atoms with E-state index in [2.05, 4.69) is 10.3 Å². The molecule has 5 rings (SSSR count). The van der Waals surface area contributed by atoms with Crippen molar-refractivity contribution >= 4 is 5.91 Å². The molecule has 1 aliphatic carbocycles. The lowest BCUT2D eigenvalue weighted by atomic mass is 10.0. The molecule has 1 N–H and O–H groups in total. The standard InChI is InChI=1S/C20H27N3O3/c24-20(23-11-15-8-21-9-16(15)12-23)14-7-18(13-1-2-13)19(22-10-14)26-17-3-5-25-6-4-17/h7,10,13,15-17,21H,1-6,8-9,11-12H2/t15-,16-/m0/s1. The van der Waals surface area contributed by atoms with Gasteiger partial charge in [0.2, 0.25) is 5.88 Å². The Morgan fingerprint density at radius 1 is 1.15 bits per heavy atom. The number of ether oxygens (including phenoxy) is 2. The molecule has 26 heavy (non-hydrogen) atoms. The highest BCUT2D eigenvalue weighted by molar-refractivity contribution is 5.94. The molecule has 3 saturated heterocycles. The number of amides is 1. The summed E-state index contributed by atoms with van der Waals surface area (Å²) < 4.78 is 11.6. The van der Waals surface area contributed by atoms with E-state index >= 15 is 0 Å². The van der Waals surface area contributed by atoms with Crippen LogP contribution in [-0.2, 0) is 4.74 Å². The van der Waals surface area contributed by atoms with Crippen LogP contribution in [0, 0.1) is 11.8 Å². The van der Waals surface area contributed by atoms with E-state index in [0.29, 0.717) is 17.8 Å². The summed E-state index contributed by atoms with van der Waals surface area (Å²) in [6.45, 7) is 5.33. The van der Waals surface area contributed by atoms with E-state index in [9.17, 15) is 4.79 Å². The Balaban J connectivity index is 1.33. The van der Waals surface area contributed by atoms with Crippen molar-refractivity contribution in [3.05, 3.63) is 23.4 Å². The van der Waals surface area contributed by atoms with E-state index < -0.39 is 0 Å². The number of carbonyl (C=O) groups is 1. The minimum Gasteiger partial charge on any atom is -0.474 e. The van der Waals surface area contributed by atoms with Crippen molar-refractivity contribution in [3.63, 3.8) is 0 Å². The van der Waals surface area contributed by atoms with Crippen LogP contribution in [0.25, 0.3) is 0 Å². The van der Waals surface area contributed by atoms with Gasteiger partial charge in [-0.25, -0.2) is 4.98 Å². The second kappa shape index (κ2) is 6.82. The van der Waals surface area contributed by atoms with Gasteiger partial charge in [-0.2, -0.15) is 0 Å². The lowest BCUT2D eigenvalue weighted by molar-refractivity contribution is 0.0233. The molecule has 1 amide bonds. The summed E-state index contributed by atoms with van der Waals surface area (Å²) in [5, 5.41) is 3.43. The van der Waals surface area contributed by atoms with Crippen molar-refractivity contribution in [2.75, 3.05) is 39.4 Å². The molecule has 1 aromatic heterocycles. The highest BCUT2D eigenvalue weighted by Crippen LogP contribution is 2.44. The second-order valence-electron chi connectivity index (χ2n) is 8.21. The topological polar surface area (TPSA) is 63.7 Å². The molecule has 4 aliphatic rings. The predicted molar refractivity (Wildman–Crippen MR) is 96.4 cm³/mol. The number of hydrogen-bond acceptors (Lipinski definition) is 5. The number of fused-ring (bicyclic) bond motifs is 1. The summed E-state index contributed by atoms with van der Waals surface area (Å²) in [6, 6.07) is 2.05. The smallest absolute Gasteiger partial charge is 0.255 e. The molecule has 2 atom stereocenters. The van der Waals surface area contributed by atoms with Crippen LogP contribution < -0.4 is 10.1 Å². The average molecular weight is 357 g/mol. The van der Waals surface area contributed by atoms with Gasteiger partial charge in [0.15, 0.2) is 0 Å². The molecule has 0 bridgehead atoms. The van der Waals surface area contributed by atoms with Crippen molar-refractivity contribution in [3.8, 4) is 5.88 Å². The number of pyridine rings is 1. The maximum atomic E-state index is 13.0. The molecular formula is C20H27N3O3. The molecule has 4 fully saturated rings.